The molecule has 1 aliphatic heterocycles. The zero-order valence-corrected chi connectivity index (χ0v) is 19.4. The van der Waals surface area contributed by atoms with Crippen LogP contribution in [0.5, 0.6) is 0 Å². The number of piperidine rings is 1. The highest BCUT2D eigenvalue weighted by Gasteiger charge is 2.14. The Kier molecular flexibility index (Phi) is 6.44. The number of halogens is 1. The van der Waals surface area contributed by atoms with Crippen molar-refractivity contribution in [2.75, 3.05) is 19.6 Å². The first kappa shape index (κ1) is 21.7. The third-order valence-electron chi connectivity index (χ3n) is 6.56. The molecule has 5 rings (SSSR count). The maximum Gasteiger partial charge on any atom is 0.0991 e. The highest BCUT2D eigenvalue weighted by atomic mass is 35.5. The second-order valence-electron chi connectivity index (χ2n) is 8.80. The first-order valence-corrected chi connectivity index (χ1v) is 12.1. The molecule has 2 aromatic carbocycles. The van der Waals surface area contributed by atoms with Gasteiger partial charge in [-0.15, -0.1) is 0 Å². The van der Waals surface area contributed by atoms with Crippen LogP contribution in [0.4, 0.5) is 0 Å². The van der Waals surface area contributed by atoms with Gasteiger partial charge in [-0.1, -0.05) is 30.2 Å². The molecule has 1 aliphatic rings. The summed E-state index contributed by atoms with van der Waals surface area (Å²) in [6.45, 7) is 4.56. The van der Waals surface area contributed by atoms with Crippen LogP contribution in [0.2, 0.25) is 5.02 Å². The summed E-state index contributed by atoms with van der Waals surface area (Å²) in [5.74, 6) is 0. The van der Waals surface area contributed by atoms with Crippen molar-refractivity contribution in [3.05, 3.63) is 77.7 Å². The van der Waals surface area contributed by atoms with E-state index < -0.39 is 0 Å². The van der Waals surface area contributed by atoms with Crippen LogP contribution in [-0.2, 0) is 6.54 Å². The molecule has 33 heavy (non-hydrogen) atoms. The van der Waals surface area contributed by atoms with E-state index in [9.17, 15) is 5.26 Å². The number of rotatable bonds is 6. The molecule has 1 fully saturated rings. The standard InChI is InChI=1S/C28H27ClN4/c29-25-8-6-22(7-9-25)23-16-24(19-31-18-23)27-20-33(14-4-13-32-11-2-1-3-12-32)28-10-5-21(17-30)15-26(27)28/h5-10,15-16,18-20H,1-4,11-14H2. The monoisotopic (exact) mass is 454 g/mol. The summed E-state index contributed by atoms with van der Waals surface area (Å²) < 4.78 is 2.34. The van der Waals surface area contributed by atoms with Crippen LogP contribution in [0.3, 0.4) is 0 Å². The summed E-state index contributed by atoms with van der Waals surface area (Å²) in [5.41, 5.74) is 6.14. The largest absolute Gasteiger partial charge is 0.347 e. The number of benzene rings is 2. The average molecular weight is 455 g/mol. The summed E-state index contributed by atoms with van der Waals surface area (Å²) in [7, 11) is 0. The second kappa shape index (κ2) is 9.79. The van der Waals surface area contributed by atoms with Crippen LogP contribution < -0.4 is 0 Å². The highest BCUT2D eigenvalue weighted by molar-refractivity contribution is 6.30. The molecule has 166 valence electrons. The van der Waals surface area contributed by atoms with Gasteiger partial charge in [0.1, 0.15) is 0 Å². The maximum atomic E-state index is 9.48. The quantitative estimate of drug-likeness (QED) is 0.323. The van der Waals surface area contributed by atoms with Crippen molar-refractivity contribution in [1.82, 2.24) is 14.5 Å². The lowest BCUT2D eigenvalue weighted by atomic mass is 10.0. The van der Waals surface area contributed by atoms with Gasteiger partial charge in [0, 0.05) is 57.8 Å². The van der Waals surface area contributed by atoms with Gasteiger partial charge in [-0.2, -0.15) is 5.26 Å². The molecule has 0 saturated carbocycles. The third kappa shape index (κ3) is 4.80. The Morgan fingerprint density at radius 1 is 0.879 bits per heavy atom. The Bertz CT molecular complexity index is 1290. The van der Waals surface area contributed by atoms with Gasteiger partial charge in [0.25, 0.3) is 0 Å². The Labute approximate surface area is 200 Å². The minimum atomic E-state index is 0.677. The van der Waals surface area contributed by atoms with Gasteiger partial charge in [-0.3, -0.25) is 4.98 Å². The second-order valence-corrected chi connectivity index (χ2v) is 9.24. The minimum Gasteiger partial charge on any atom is -0.347 e. The first-order valence-electron chi connectivity index (χ1n) is 11.7. The molecule has 3 heterocycles. The van der Waals surface area contributed by atoms with E-state index in [1.54, 1.807) is 0 Å². The number of aryl methyl sites for hydroxylation is 1. The molecular formula is C28H27ClN4. The van der Waals surface area contributed by atoms with E-state index in [4.69, 9.17) is 11.6 Å². The van der Waals surface area contributed by atoms with Gasteiger partial charge in [-0.05, 0) is 80.9 Å². The van der Waals surface area contributed by atoms with Crippen LogP contribution in [0, 0.1) is 11.3 Å². The summed E-state index contributed by atoms with van der Waals surface area (Å²) in [6.07, 6.45) is 11.1. The molecule has 0 spiro atoms. The number of hydrogen-bond donors (Lipinski definition) is 0. The Morgan fingerprint density at radius 2 is 1.67 bits per heavy atom. The van der Waals surface area contributed by atoms with Gasteiger partial charge in [-0.25, -0.2) is 0 Å². The smallest absolute Gasteiger partial charge is 0.0991 e. The van der Waals surface area contributed by atoms with Gasteiger partial charge < -0.3 is 9.47 Å². The molecular weight excluding hydrogens is 428 g/mol. The molecule has 4 aromatic rings. The Morgan fingerprint density at radius 3 is 2.45 bits per heavy atom. The molecule has 0 N–H and O–H groups in total. The fraction of sp³-hybridized carbons (Fsp3) is 0.286. The molecule has 4 nitrogen and oxygen atoms in total. The highest BCUT2D eigenvalue weighted by Crippen LogP contribution is 2.33. The van der Waals surface area contributed by atoms with Crippen LogP contribution in [0.25, 0.3) is 33.2 Å². The molecule has 0 bridgehead atoms. The lowest BCUT2D eigenvalue weighted by molar-refractivity contribution is 0.223. The van der Waals surface area contributed by atoms with Crippen LogP contribution in [0.15, 0.2) is 67.1 Å². The molecule has 0 aliphatic carbocycles. The van der Waals surface area contributed by atoms with E-state index in [0.717, 1.165) is 52.2 Å². The SMILES string of the molecule is N#Cc1ccc2c(c1)c(-c1cncc(-c3ccc(Cl)cc3)c1)cn2CCCN1CCCCC1. The van der Waals surface area contributed by atoms with E-state index in [1.807, 2.05) is 48.8 Å². The summed E-state index contributed by atoms with van der Waals surface area (Å²) in [6, 6.07) is 18.3. The lowest BCUT2D eigenvalue weighted by Gasteiger charge is -2.26. The number of nitrogens with zero attached hydrogens (tertiary/aromatic N) is 4. The van der Waals surface area contributed by atoms with Crippen molar-refractivity contribution < 1.29 is 0 Å². The van der Waals surface area contributed by atoms with Crippen molar-refractivity contribution in [2.45, 2.75) is 32.2 Å². The Balaban J connectivity index is 1.48. The van der Waals surface area contributed by atoms with Gasteiger partial charge in [0.2, 0.25) is 0 Å². The first-order chi connectivity index (χ1) is 16.2. The third-order valence-corrected chi connectivity index (χ3v) is 6.81. The van der Waals surface area contributed by atoms with Crippen LogP contribution in [-0.4, -0.2) is 34.1 Å². The summed E-state index contributed by atoms with van der Waals surface area (Å²) >= 11 is 6.07. The van der Waals surface area contributed by atoms with Gasteiger partial charge in [0.15, 0.2) is 0 Å². The van der Waals surface area contributed by atoms with E-state index in [0.29, 0.717) is 5.56 Å². The van der Waals surface area contributed by atoms with Crippen LogP contribution >= 0.6 is 11.6 Å². The van der Waals surface area contributed by atoms with Gasteiger partial charge >= 0.3 is 0 Å². The topological polar surface area (TPSA) is 44.9 Å². The zero-order valence-electron chi connectivity index (χ0n) is 18.7. The van der Waals surface area contributed by atoms with E-state index in [2.05, 4.69) is 38.8 Å². The van der Waals surface area contributed by atoms with Crippen molar-refractivity contribution in [3.8, 4) is 28.3 Å². The van der Waals surface area contributed by atoms with E-state index >= 15 is 0 Å². The number of nitriles is 1. The zero-order chi connectivity index (χ0) is 22.6. The Hall–Kier alpha value is -3.13. The molecule has 5 heteroatoms. The fourth-order valence-corrected chi connectivity index (χ4v) is 4.94. The van der Waals surface area contributed by atoms with Crippen molar-refractivity contribution in [2.24, 2.45) is 0 Å². The van der Waals surface area contributed by atoms with Crippen molar-refractivity contribution in [3.63, 3.8) is 0 Å². The number of pyridine rings is 1. The average Bonchev–Trinajstić information content (AvgIpc) is 3.23. The lowest BCUT2D eigenvalue weighted by Crippen LogP contribution is -2.31. The molecule has 2 aromatic heterocycles. The number of fused-ring (bicyclic) bond motifs is 1. The molecule has 0 amide bonds. The fourth-order valence-electron chi connectivity index (χ4n) is 4.82. The molecule has 0 radical (unpaired) electrons. The summed E-state index contributed by atoms with van der Waals surface area (Å²) in [5, 5.41) is 11.3. The predicted molar refractivity (Wildman–Crippen MR) is 135 cm³/mol. The van der Waals surface area contributed by atoms with Crippen molar-refractivity contribution in [1.29, 1.82) is 5.26 Å². The maximum absolute atomic E-state index is 9.48. The van der Waals surface area contributed by atoms with E-state index in [-0.39, 0.29) is 0 Å². The number of aromatic nitrogens is 2. The normalized spacial score (nSPS) is 14.4. The van der Waals surface area contributed by atoms with E-state index in [1.165, 1.54) is 37.9 Å². The number of likely N-dealkylation sites (tertiary alicyclic amines) is 1. The van der Waals surface area contributed by atoms with Crippen LogP contribution in [0.1, 0.15) is 31.2 Å². The molecule has 0 unspecified atom stereocenters. The number of hydrogen-bond acceptors (Lipinski definition) is 3. The molecule has 1 saturated heterocycles. The van der Waals surface area contributed by atoms with Crippen molar-refractivity contribution >= 4 is 22.5 Å². The van der Waals surface area contributed by atoms with Gasteiger partial charge in [0.05, 0.1) is 11.6 Å². The summed E-state index contributed by atoms with van der Waals surface area (Å²) in [4.78, 5) is 7.11. The minimum absolute atomic E-state index is 0.677. The predicted octanol–water partition coefficient (Wildman–Crippen LogP) is 6.77. The molecule has 0 atom stereocenters.